The van der Waals surface area contributed by atoms with Crippen molar-refractivity contribution in [2.45, 2.75) is 19.4 Å². The predicted octanol–water partition coefficient (Wildman–Crippen LogP) is 2.72. The molecule has 0 unspecified atom stereocenters. The van der Waals surface area contributed by atoms with Gasteiger partial charge in [0.1, 0.15) is 12.1 Å². The molecule has 1 aliphatic heterocycles. The maximum Gasteiger partial charge on any atom is 0.253 e. The zero-order valence-electron chi connectivity index (χ0n) is 15.0. The van der Waals surface area contributed by atoms with Crippen LogP contribution in [0.4, 0.5) is 5.82 Å². The zero-order chi connectivity index (χ0) is 18.5. The second kappa shape index (κ2) is 7.95. The quantitative estimate of drug-likeness (QED) is 0.776. The molecule has 0 radical (unpaired) electrons. The third-order valence-corrected chi connectivity index (χ3v) is 4.76. The molecule has 3 heterocycles. The van der Waals surface area contributed by atoms with E-state index in [1.807, 2.05) is 53.4 Å². The Morgan fingerprint density at radius 2 is 1.78 bits per heavy atom. The van der Waals surface area contributed by atoms with Gasteiger partial charge in [-0.3, -0.25) is 9.78 Å². The van der Waals surface area contributed by atoms with E-state index in [-0.39, 0.29) is 5.91 Å². The van der Waals surface area contributed by atoms with E-state index in [0.29, 0.717) is 19.6 Å². The highest BCUT2D eigenvalue weighted by molar-refractivity contribution is 5.94. The lowest BCUT2D eigenvalue weighted by molar-refractivity contribution is 0.0763. The van der Waals surface area contributed by atoms with Crippen LogP contribution in [0.25, 0.3) is 0 Å². The summed E-state index contributed by atoms with van der Waals surface area (Å²) in [6, 6.07) is 15.3. The van der Waals surface area contributed by atoms with Crippen LogP contribution in [0, 0.1) is 0 Å². The van der Waals surface area contributed by atoms with Gasteiger partial charge in [0.05, 0.1) is 17.9 Å². The summed E-state index contributed by atoms with van der Waals surface area (Å²) in [5, 5.41) is 3.38. The maximum atomic E-state index is 12.8. The first kappa shape index (κ1) is 17.1. The van der Waals surface area contributed by atoms with E-state index < -0.39 is 0 Å². The monoisotopic (exact) mass is 359 g/mol. The van der Waals surface area contributed by atoms with Crippen molar-refractivity contribution in [3.05, 3.63) is 83.6 Å². The standard InChI is InChI=1S/C21H21N5O/c27-21(16-6-2-1-3-7-16)26-12-9-18-19(10-13-26)24-15-25-20(18)23-14-17-8-4-5-11-22-17/h1-8,11,15H,9-10,12-14H2,(H,23,24,25). The summed E-state index contributed by atoms with van der Waals surface area (Å²) in [6.45, 7) is 1.93. The minimum absolute atomic E-state index is 0.0689. The van der Waals surface area contributed by atoms with Crippen molar-refractivity contribution in [1.82, 2.24) is 19.9 Å². The second-order valence-corrected chi connectivity index (χ2v) is 6.48. The van der Waals surface area contributed by atoms with Crippen molar-refractivity contribution in [1.29, 1.82) is 0 Å². The molecule has 1 aromatic carbocycles. The molecule has 0 saturated carbocycles. The van der Waals surface area contributed by atoms with Gasteiger partial charge in [-0.25, -0.2) is 9.97 Å². The number of nitrogens with one attached hydrogen (secondary N) is 1. The first-order valence-corrected chi connectivity index (χ1v) is 9.12. The van der Waals surface area contributed by atoms with Crippen LogP contribution in [0.15, 0.2) is 61.1 Å². The van der Waals surface area contributed by atoms with Gasteiger partial charge in [0.15, 0.2) is 0 Å². The average molecular weight is 359 g/mol. The highest BCUT2D eigenvalue weighted by Gasteiger charge is 2.22. The minimum atomic E-state index is 0.0689. The average Bonchev–Trinajstić information content (AvgIpc) is 2.96. The van der Waals surface area contributed by atoms with E-state index in [9.17, 15) is 4.79 Å². The van der Waals surface area contributed by atoms with Crippen molar-refractivity contribution in [2.75, 3.05) is 18.4 Å². The molecule has 0 bridgehead atoms. The summed E-state index contributed by atoms with van der Waals surface area (Å²) in [5.41, 5.74) is 3.79. The highest BCUT2D eigenvalue weighted by Crippen LogP contribution is 2.21. The molecule has 0 atom stereocenters. The van der Waals surface area contributed by atoms with E-state index in [2.05, 4.69) is 20.3 Å². The van der Waals surface area contributed by atoms with Gasteiger partial charge < -0.3 is 10.2 Å². The van der Waals surface area contributed by atoms with Crippen molar-refractivity contribution in [3.8, 4) is 0 Å². The summed E-state index contributed by atoms with van der Waals surface area (Å²) < 4.78 is 0. The number of amides is 1. The normalized spacial score (nSPS) is 13.6. The van der Waals surface area contributed by atoms with Crippen molar-refractivity contribution in [2.24, 2.45) is 0 Å². The summed E-state index contributed by atoms with van der Waals surface area (Å²) in [6.07, 6.45) is 4.84. The number of hydrogen-bond donors (Lipinski definition) is 1. The molecule has 0 fully saturated rings. The van der Waals surface area contributed by atoms with Crippen LogP contribution >= 0.6 is 0 Å². The largest absolute Gasteiger partial charge is 0.364 e. The van der Waals surface area contributed by atoms with Gasteiger partial charge in [0.25, 0.3) is 5.91 Å². The number of pyridine rings is 1. The van der Waals surface area contributed by atoms with Crippen LogP contribution in [0.1, 0.15) is 27.3 Å². The molecule has 1 aliphatic rings. The lowest BCUT2D eigenvalue weighted by Gasteiger charge is -2.20. The predicted molar refractivity (Wildman–Crippen MR) is 103 cm³/mol. The molecule has 136 valence electrons. The lowest BCUT2D eigenvalue weighted by atomic mass is 10.1. The van der Waals surface area contributed by atoms with E-state index in [1.165, 1.54) is 0 Å². The molecule has 3 aromatic rings. The molecule has 0 saturated heterocycles. The molecule has 0 aliphatic carbocycles. The number of hydrogen-bond acceptors (Lipinski definition) is 5. The Kier molecular flexibility index (Phi) is 5.05. The van der Waals surface area contributed by atoms with Gasteiger partial charge >= 0.3 is 0 Å². The van der Waals surface area contributed by atoms with E-state index in [0.717, 1.165) is 41.2 Å². The molecule has 1 N–H and O–H groups in total. The van der Waals surface area contributed by atoms with Crippen molar-refractivity contribution < 1.29 is 4.79 Å². The molecule has 4 rings (SSSR count). The Labute approximate surface area is 158 Å². The van der Waals surface area contributed by atoms with E-state index in [1.54, 1.807) is 12.5 Å². The number of rotatable bonds is 4. The van der Waals surface area contributed by atoms with Gasteiger partial charge in [-0.1, -0.05) is 24.3 Å². The van der Waals surface area contributed by atoms with Crippen LogP contribution in [0.2, 0.25) is 0 Å². The summed E-state index contributed by atoms with van der Waals surface area (Å²) in [5.74, 6) is 0.902. The molecule has 0 spiro atoms. The summed E-state index contributed by atoms with van der Waals surface area (Å²) in [4.78, 5) is 27.9. The maximum absolute atomic E-state index is 12.8. The molecular formula is C21H21N5O. The fraction of sp³-hybridized carbons (Fsp3) is 0.238. The third kappa shape index (κ3) is 3.95. The number of anilines is 1. The number of carbonyl (C=O) groups excluding carboxylic acids is 1. The van der Waals surface area contributed by atoms with E-state index in [4.69, 9.17) is 0 Å². The summed E-state index contributed by atoms with van der Waals surface area (Å²) >= 11 is 0. The van der Waals surface area contributed by atoms with Crippen LogP contribution in [0.5, 0.6) is 0 Å². The van der Waals surface area contributed by atoms with Crippen molar-refractivity contribution in [3.63, 3.8) is 0 Å². The molecule has 27 heavy (non-hydrogen) atoms. The zero-order valence-corrected chi connectivity index (χ0v) is 15.0. The van der Waals surface area contributed by atoms with Crippen LogP contribution in [-0.2, 0) is 19.4 Å². The topological polar surface area (TPSA) is 71.0 Å². The number of aromatic nitrogens is 3. The number of carbonyl (C=O) groups is 1. The third-order valence-electron chi connectivity index (χ3n) is 4.76. The van der Waals surface area contributed by atoms with Crippen molar-refractivity contribution >= 4 is 11.7 Å². The Hall–Kier alpha value is -3.28. The molecule has 2 aromatic heterocycles. The Morgan fingerprint density at radius 3 is 2.59 bits per heavy atom. The van der Waals surface area contributed by atoms with Gasteiger partial charge in [-0.2, -0.15) is 0 Å². The Bertz CT molecular complexity index is 914. The highest BCUT2D eigenvalue weighted by atomic mass is 16.2. The van der Waals surface area contributed by atoms with E-state index >= 15 is 0 Å². The van der Waals surface area contributed by atoms with Crippen LogP contribution in [-0.4, -0.2) is 38.8 Å². The Morgan fingerprint density at radius 1 is 0.963 bits per heavy atom. The first-order valence-electron chi connectivity index (χ1n) is 9.12. The van der Waals surface area contributed by atoms with Crippen LogP contribution < -0.4 is 5.32 Å². The first-order chi connectivity index (χ1) is 13.3. The number of fused-ring (bicyclic) bond motifs is 1. The lowest BCUT2D eigenvalue weighted by Crippen LogP contribution is -2.33. The van der Waals surface area contributed by atoms with Crippen LogP contribution in [0.3, 0.4) is 0 Å². The molecular weight excluding hydrogens is 338 g/mol. The number of benzene rings is 1. The fourth-order valence-corrected chi connectivity index (χ4v) is 3.32. The minimum Gasteiger partial charge on any atom is -0.364 e. The SMILES string of the molecule is O=C(c1ccccc1)N1CCc2ncnc(NCc3ccccn3)c2CC1. The smallest absolute Gasteiger partial charge is 0.253 e. The molecule has 1 amide bonds. The summed E-state index contributed by atoms with van der Waals surface area (Å²) in [7, 11) is 0. The van der Waals surface area contributed by atoms with Gasteiger partial charge in [0, 0.05) is 36.8 Å². The Balaban J connectivity index is 1.48. The van der Waals surface area contributed by atoms with Gasteiger partial charge in [-0.15, -0.1) is 0 Å². The van der Waals surface area contributed by atoms with Gasteiger partial charge in [0.2, 0.25) is 0 Å². The number of nitrogens with zero attached hydrogens (tertiary/aromatic N) is 4. The van der Waals surface area contributed by atoms with Gasteiger partial charge in [-0.05, 0) is 30.7 Å². The second-order valence-electron chi connectivity index (χ2n) is 6.48. The molecule has 6 nitrogen and oxygen atoms in total. The fourth-order valence-electron chi connectivity index (χ4n) is 3.32. The molecule has 6 heteroatoms.